The van der Waals surface area contributed by atoms with Gasteiger partial charge in [0.15, 0.2) is 5.57 Å². The van der Waals surface area contributed by atoms with E-state index in [0.717, 1.165) is 5.56 Å². The third kappa shape index (κ3) is 2.94. The number of esters is 1. The molecular formula is C13H13N3O3S. The van der Waals surface area contributed by atoms with Gasteiger partial charge < -0.3 is 15.2 Å². The van der Waals surface area contributed by atoms with Crippen molar-refractivity contribution in [2.75, 3.05) is 6.61 Å². The van der Waals surface area contributed by atoms with E-state index in [0.29, 0.717) is 5.90 Å². The van der Waals surface area contributed by atoms with E-state index in [1.807, 2.05) is 30.3 Å². The summed E-state index contributed by atoms with van der Waals surface area (Å²) in [5, 5.41) is 4.00. The van der Waals surface area contributed by atoms with Gasteiger partial charge in [-0.2, -0.15) is 0 Å². The first-order valence-electron chi connectivity index (χ1n) is 5.91. The number of nitrogens with one attached hydrogen (secondary N) is 1. The number of carbonyl (C=O) groups is 1. The smallest absolute Gasteiger partial charge is 0.346 e. The molecule has 1 heterocycles. The van der Waals surface area contributed by atoms with Crippen LogP contribution < -0.4 is 11.2 Å². The lowest BCUT2D eigenvalue weighted by Gasteiger charge is -2.08. The summed E-state index contributed by atoms with van der Waals surface area (Å²) in [4.78, 5) is 11.7. The summed E-state index contributed by atoms with van der Waals surface area (Å²) < 4.78 is 10.4. The molecule has 1 aliphatic rings. The van der Waals surface area contributed by atoms with Gasteiger partial charge in [-0.15, -0.1) is 5.10 Å². The Hall–Kier alpha value is -2.41. The van der Waals surface area contributed by atoms with E-state index in [1.54, 1.807) is 6.92 Å². The minimum atomic E-state index is -0.646. The molecule has 1 aromatic carbocycles. The summed E-state index contributed by atoms with van der Waals surface area (Å²) in [6, 6.07) is 9.23. The van der Waals surface area contributed by atoms with Crippen LogP contribution in [0.5, 0.6) is 0 Å². The van der Waals surface area contributed by atoms with Crippen LogP contribution in [-0.2, 0) is 14.3 Å². The molecule has 1 aromatic rings. The lowest BCUT2D eigenvalue weighted by atomic mass is 10.2. The molecule has 3 N–H and O–H groups in total. The van der Waals surface area contributed by atoms with E-state index in [1.165, 1.54) is 0 Å². The average molecular weight is 291 g/mol. The van der Waals surface area contributed by atoms with Gasteiger partial charge in [0.25, 0.3) is 0 Å². The lowest BCUT2D eigenvalue weighted by Crippen LogP contribution is -2.25. The van der Waals surface area contributed by atoms with Crippen molar-refractivity contribution in [3.8, 4) is 0 Å². The molecule has 1 aliphatic heterocycles. The van der Waals surface area contributed by atoms with Crippen molar-refractivity contribution >= 4 is 29.1 Å². The van der Waals surface area contributed by atoms with Crippen LogP contribution in [0.4, 0.5) is 0 Å². The zero-order valence-electron chi connectivity index (χ0n) is 10.8. The van der Waals surface area contributed by atoms with Crippen LogP contribution in [0.1, 0.15) is 12.5 Å². The number of carbonyl (C=O) groups excluding carboxylic acids is 1. The number of thiocarbonyl (C=S) groups is 1. The molecule has 0 amide bonds. The molecule has 0 atom stereocenters. The SMILES string of the molecule is CCOC(=O)/C(C(N)=S)=C1\NN=C(c2ccccc2)O1. The molecule has 0 radical (unpaired) electrons. The summed E-state index contributed by atoms with van der Waals surface area (Å²) in [6.07, 6.45) is 0. The van der Waals surface area contributed by atoms with Crippen LogP contribution in [0.15, 0.2) is 46.9 Å². The Morgan fingerprint density at radius 1 is 1.45 bits per heavy atom. The monoisotopic (exact) mass is 291 g/mol. The number of hydrogen-bond donors (Lipinski definition) is 2. The molecule has 0 spiro atoms. The van der Waals surface area contributed by atoms with Gasteiger partial charge in [0.1, 0.15) is 4.99 Å². The fourth-order valence-corrected chi connectivity index (χ4v) is 1.74. The quantitative estimate of drug-likeness (QED) is 0.489. The standard InChI is InChI=1S/C13H13N3O3S/c1-2-18-13(17)9(10(14)20)12-16-15-11(19-12)8-6-4-3-5-7-8/h3-7,16H,2H2,1H3,(H2,14,20)/b12-9+. The first-order valence-corrected chi connectivity index (χ1v) is 6.32. The van der Waals surface area contributed by atoms with Crippen LogP contribution in [-0.4, -0.2) is 23.5 Å². The molecule has 20 heavy (non-hydrogen) atoms. The highest BCUT2D eigenvalue weighted by atomic mass is 32.1. The Morgan fingerprint density at radius 2 is 2.15 bits per heavy atom. The van der Waals surface area contributed by atoms with E-state index >= 15 is 0 Å². The highest BCUT2D eigenvalue weighted by Gasteiger charge is 2.26. The van der Waals surface area contributed by atoms with Crippen LogP contribution in [0.25, 0.3) is 0 Å². The van der Waals surface area contributed by atoms with Crippen molar-refractivity contribution in [3.63, 3.8) is 0 Å². The number of benzene rings is 1. The zero-order valence-corrected chi connectivity index (χ0v) is 11.6. The van der Waals surface area contributed by atoms with E-state index in [-0.39, 0.29) is 23.1 Å². The summed E-state index contributed by atoms with van der Waals surface area (Å²) >= 11 is 4.85. The maximum absolute atomic E-state index is 11.8. The highest BCUT2D eigenvalue weighted by molar-refractivity contribution is 7.80. The number of nitrogens with zero attached hydrogens (tertiary/aromatic N) is 1. The molecule has 0 aromatic heterocycles. The van der Waals surface area contributed by atoms with Gasteiger partial charge in [0.05, 0.1) is 6.61 Å². The Labute approximate surface area is 121 Å². The molecule has 0 bridgehead atoms. The molecule has 0 saturated carbocycles. The lowest BCUT2D eigenvalue weighted by molar-refractivity contribution is -0.138. The number of rotatable bonds is 4. The number of nitrogens with two attached hydrogens (primary N) is 1. The third-order valence-electron chi connectivity index (χ3n) is 2.43. The van der Waals surface area contributed by atoms with Crippen LogP contribution in [0.3, 0.4) is 0 Å². The van der Waals surface area contributed by atoms with Crippen LogP contribution in [0.2, 0.25) is 0 Å². The number of ether oxygens (including phenoxy) is 2. The normalized spacial score (nSPS) is 15.8. The largest absolute Gasteiger partial charge is 0.462 e. The van der Waals surface area contributed by atoms with Crippen molar-refractivity contribution in [2.45, 2.75) is 6.92 Å². The fourth-order valence-electron chi connectivity index (χ4n) is 1.56. The summed E-state index contributed by atoms with van der Waals surface area (Å²) in [7, 11) is 0. The minimum Gasteiger partial charge on any atom is -0.462 e. The van der Waals surface area contributed by atoms with Gasteiger partial charge in [-0.3, -0.25) is 0 Å². The van der Waals surface area contributed by atoms with Gasteiger partial charge in [-0.25, -0.2) is 10.2 Å². The van der Waals surface area contributed by atoms with Crippen molar-refractivity contribution in [1.29, 1.82) is 0 Å². The molecule has 2 rings (SSSR count). The number of hydrazone groups is 1. The first kappa shape index (κ1) is 14.0. The summed E-state index contributed by atoms with van der Waals surface area (Å²) in [5.41, 5.74) is 8.87. The van der Waals surface area contributed by atoms with Crippen LogP contribution >= 0.6 is 12.2 Å². The molecule has 0 unspecified atom stereocenters. The molecule has 104 valence electrons. The summed E-state index contributed by atoms with van der Waals surface area (Å²) in [6.45, 7) is 1.90. The van der Waals surface area contributed by atoms with Gasteiger partial charge >= 0.3 is 5.97 Å². The highest BCUT2D eigenvalue weighted by Crippen LogP contribution is 2.16. The Morgan fingerprint density at radius 3 is 2.75 bits per heavy atom. The first-order chi connectivity index (χ1) is 9.63. The Bertz CT molecular complexity index is 596. The zero-order chi connectivity index (χ0) is 14.5. The van der Waals surface area contributed by atoms with Crippen LogP contribution in [0, 0.1) is 0 Å². The maximum Gasteiger partial charge on any atom is 0.346 e. The molecule has 0 fully saturated rings. The molecule has 7 heteroatoms. The van der Waals surface area contributed by atoms with Gasteiger partial charge in [-0.1, -0.05) is 30.4 Å². The van der Waals surface area contributed by atoms with E-state index in [2.05, 4.69) is 10.5 Å². The van der Waals surface area contributed by atoms with Crippen molar-refractivity contribution in [3.05, 3.63) is 47.4 Å². The van der Waals surface area contributed by atoms with E-state index in [9.17, 15) is 4.79 Å². The number of hydrogen-bond acceptors (Lipinski definition) is 6. The maximum atomic E-state index is 11.8. The van der Waals surface area contributed by atoms with Gasteiger partial charge in [-0.05, 0) is 19.1 Å². The second kappa shape index (κ2) is 6.16. The molecule has 0 saturated heterocycles. The second-order valence-corrected chi connectivity index (χ2v) is 4.23. The Balaban J connectivity index is 2.25. The molecular weight excluding hydrogens is 278 g/mol. The second-order valence-electron chi connectivity index (χ2n) is 3.79. The topological polar surface area (TPSA) is 85.9 Å². The Kier molecular flexibility index (Phi) is 4.31. The summed E-state index contributed by atoms with van der Waals surface area (Å²) in [5.74, 6) is -0.236. The van der Waals surface area contributed by atoms with E-state index < -0.39 is 5.97 Å². The van der Waals surface area contributed by atoms with Gasteiger partial charge in [0.2, 0.25) is 11.8 Å². The van der Waals surface area contributed by atoms with Crippen molar-refractivity contribution < 1.29 is 14.3 Å². The average Bonchev–Trinajstić information content (AvgIpc) is 2.89. The predicted octanol–water partition coefficient (Wildman–Crippen LogP) is 1.03. The van der Waals surface area contributed by atoms with Gasteiger partial charge in [0, 0.05) is 5.56 Å². The molecule has 6 nitrogen and oxygen atoms in total. The van der Waals surface area contributed by atoms with Crippen molar-refractivity contribution in [1.82, 2.24) is 5.43 Å². The third-order valence-corrected chi connectivity index (χ3v) is 2.64. The van der Waals surface area contributed by atoms with Crippen molar-refractivity contribution in [2.24, 2.45) is 10.8 Å². The predicted molar refractivity (Wildman–Crippen MR) is 77.6 cm³/mol. The fraction of sp³-hybridized carbons (Fsp3) is 0.154. The minimum absolute atomic E-state index is 0.0310. The molecule has 0 aliphatic carbocycles. The van der Waals surface area contributed by atoms with E-state index in [4.69, 9.17) is 27.4 Å².